The molecule has 0 aliphatic heterocycles. The second kappa shape index (κ2) is 9.52. The smallest absolute Gasteiger partial charge is 0.167 e. The highest BCUT2D eigenvalue weighted by Crippen LogP contribution is 2.37. The van der Waals surface area contributed by atoms with Crippen molar-refractivity contribution in [2.45, 2.75) is 26.5 Å². The van der Waals surface area contributed by atoms with E-state index in [2.05, 4.69) is 28.2 Å². The van der Waals surface area contributed by atoms with Gasteiger partial charge in [0.15, 0.2) is 11.5 Å². The summed E-state index contributed by atoms with van der Waals surface area (Å²) in [5.74, 6) is 1.40. The van der Waals surface area contributed by atoms with Gasteiger partial charge >= 0.3 is 0 Å². The van der Waals surface area contributed by atoms with Gasteiger partial charge in [-0.25, -0.2) is 0 Å². The van der Waals surface area contributed by atoms with Gasteiger partial charge in [-0.05, 0) is 37.2 Å². The van der Waals surface area contributed by atoms with Gasteiger partial charge in [0.2, 0.25) is 0 Å². The van der Waals surface area contributed by atoms with Crippen molar-refractivity contribution in [3.8, 4) is 11.5 Å². The van der Waals surface area contributed by atoms with Crippen LogP contribution in [0.2, 0.25) is 10.0 Å². The lowest BCUT2D eigenvalue weighted by Gasteiger charge is -2.17. The van der Waals surface area contributed by atoms with Crippen LogP contribution in [0.25, 0.3) is 0 Å². The Labute approximate surface area is 161 Å². The first kappa shape index (κ1) is 19.4. The van der Waals surface area contributed by atoms with Crippen molar-refractivity contribution < 1.29 is 9.47 Å². The molecule has 0 aromatic heterocycles. The van der Waals surface area contributed by atoms with Crippen LogP contribution < -0.4 is 14.8 Å². The van der Waals surface area contributed by atoms with E-state index in [-0.39, 0.29) is 0 Å². The molecule has 0 bridgehead atoms. The average molecular weight is 433 g/mol. The minimum absolute atomic E-state index is 0.337. The van der Waals surface area contributed by atoms with Crippen molar-refractivity contribution in [2.75, 3.05) is 13.7 Å². The topological polar surface area (TPSA) is 30.5 Å². The second-order valence-electron chi connectivity index (χ2n) is 5.26. The molecule has 24 heavy (non-hydrogen) atoms. The van der Waals surface area contributed by atoms with Gasteiger partial charge in [-0.15, -0.1) is 0 Å². The summed E-state index contributed by atoms with van der Waals surface area (Å²) in [6, 6.07) is 9.22. The van der Waals surface area contributed by atoms with Gasteiger partial charge in [-0.3, -0.25) is 0 Å². The summed E-state index contributed by atoms with van der Waals surface area (Å²) in [6.07, 6.45) is 1.07. The minimum atomic E-state index is 0.337. The molecule has 0 aliphatic rings. The average Bonchev–Trinajstić information content (AvgIpc) is 2.56. The van der Waals surface area contributed by atoms with E-state index in [0.717, 1.165) is 28.6 Å². The molecule has 2 aromatic rings. The third-order valence-corrected chi connectivity index (χ3v) is 4.83. The van der Waals surface area contributed by atoms with E-state index in [9.17, 15) is 0 Å². The number of hydrogen-bond donors (Lipinski definition) is 1. The van der Waals surface area contributed by atoms with E-state index in [1.54, 1.807) is 19.2 Å². The molecule has 2 rings (SSSR count). The van der Waals surface area contributed by atoms with Gasteiger partial charge in [-0.2, -0.15) is 0 Å². The van der Waals surface area contributed by atoms with Crippen LogP contribution in [0.4, 0.5) is 0 Å². The van der Waals surface area contributed by atoms with Crippen LogP contribution in [-0.4, -0.2) is 13.7 Å². The van der Waals surface area contributed by atoms with Crippen molar-refractivity contribution in [3.63, 3.8) is 0 Å². The Kier molecular flexibility index (Phi) is 7.69. The fourth-order valence-electron chi connectivity index (χ4n) is 2.24. The maximum absolute atomic E-state index is 6.23. The number of hydrogen-bond acceptors (Lipinski definition) is 3. The minimum Gasteiger partial charge on any atom is -0.493 e. The number of rotatable bonds is 8. The predicted octanol–water partition coefficient (Wildman–Crippen LogP) is 5.84. The molecule has 0 amide bonds. The first-order valence-electron chi connectivity index (χ1n) is 7.69. The van der Waals surface area contributed by atoms with Crippen LogP contribution in [0, 0.1) is 0 Å². The molecule has 0 radical (unpaired) electrons. The molecule has 3 nitrogen and oxygen atoms in total. The van der Waals surface area contributed by atoms with Crippen molar-refractivity contribution in [3.05, 3.63) is 56.0 Å². The first-order valence-corrected chi connectivity index (χ1v) is 9.24. The maximum atomic E-state index is 6.23. The van der Waals surface area contributed by atoms with Crippen molar-refractivity contribution in [1.29, 1.82) is 0 Å². The summed E-state index contributed by atoms with van der Waals surface area (Å²) in [6.45, 7) is 4.10. The van der Waals surface area contributed by atoms with Crippen LogP contribution >= 0.6 is 39.1 Å². The summed E-state index contributed by atoms with van der Waals surface area (Å²) in [7, 11) is 1.63. The quantitative estimate of drug-likeness (QED) is 0.531. The Balaban J connectivity index is 2.24. The van der Waals surface area contributed by atoms with Crippen molar-refractivity contribution >= 4 is 39.1 Å². The van der Waals surface area contributed by atoms with E-state index < -0.39 is 0 Å². The lowest BCUT2D eigenvalue weighted by atomic mass is 10.1. The van der Waals surface area contributed by atoms with Gasteiger partial charge in [0.1, 0.15) is 6.61 Å². The van der Waals surface area contributed by atoms with Crippen molar-refractivity contribution in [2.24, 2.45) is 0 Å². The Morgan fingerprint density at radius 1 is 1.17 bits per heavy atom. The highest BCUT2D eigenvalue weighted by molar-refractivity contribution is 9.10. The molecule has 2 aromatic carbocycles. The van der Waals surface area contributed by atoms with Gasteiger partial charge in [-0.1, -0.05) is 52.1 Å². The highest BCUT2D eigenvalue weighted by Gasteiger charge is 2.15. The Morgan fingerprint density at radius 3 is 2.62 bits per heavy atom. The second-order valence-corrected chi connectivity index (χ2v) is 6.96. The molecular weight excluding hydrogens is 413 g/mol. The fraction of sp³-hybridized carbons (Fsp3) is 0.333. The van der Waals surface area contributed by atoms with Gasteiger partial charge in [0, 0.05) is 32.2 Å². The zero-order chi connectivity index (χ0) is 17.5. The number of benzene rings is 2. The fourth-order valence-corrected chi connectivity index (χ4v) is 3.16. The third-order valence-electron chi connectivity index (χ3n) is 3.50. The van der Waals surface area contributed by atoms with E-state index in [4.69, 9.17) is 32.7 Å². The summed E-state index contributed by atoms with van der Waals surface area (Å²) >= 11 is 15.8. The Hall–Kier alpha value is -0.940. The molecule has 130 valence electrons. The number of methoxy groups -OCH3 is 1. The molecule has 6 heteroatoms. The lowest BCUT2D eigenvalue weighted by molar-refractivity contribution is 0.280. The molecule has 0 fully saturated rings. The normalized spacial score (nSPS) is 10.7. The van der Waals surface area contributed by atoms with Crippen LogP contribution in [0.1, 0.15) is 24.5 Å². The molecule has 0 saturated heterocycles. The number of halogens is 3. The zero-order valence-electron chi connectivity index (χ0n) is 13.7. The highest BCUT2D eigenvalue weighted by atomic mass is 79.9. The Morgan fingerprint density at radius 2 is 1.96 bits per heavy atom. The molecular formula is C18H20BrCl2NO2. The molecule has 1 N–H and O–H groups in total. The van der Waals surface area contributed by atoms with Gasteiger partial charge < -0.3 is 14.8 Å². The maximum Gasteiger partial charge on any atom is 0.167 e. The van der Waals surface area contributed by atoms with Crippen LogP contribution in [0.5, 0.6) is 11.5 Å². The SMILES string of the molecule is CCCNCc1c(Br)ccc(OC)c1OCc1ccc(Cl)cc1Cl. The summed E-state index contributed by atoms with van der Waals surface area (Å²) < 4.78 is 12.5. The summed E-state index contributed by atoms with van der Waals surface area (Å²) in [5, 5.41) is 4.58. The van der Waals surface area contributed by atoms with E-state index in [1.807, 2.05) is 18.2 Å². The standard InChI is InChI=1S/C18H20BrCl2NO2/c1-3-8-22-10-14-15(19)6-7-17(23-2)18(14)24-11-12-4-5-13(20)9-16(12)21/h4-7,9,22H,3,8,10-11H2,1-2H3. The molecule has 0 saturated carbocycles. The number of nitrogens with one attached hydrogen (secondary N) is 1. The zero-order valence-corrected chi connectivity index (χ0v) is 16.8. The van der Waals surface area contributed by atoms with Gasteiger partial charge in [0.25, 0.3) is 0 Å². The number of ether oxygens (including phenoxy) is 2. The molecule has 0 unspecified atom stereocenters. The van der Waals surface area contributed by atoms with Crippen LogP contribution in [0.15, 0.2) is 34.8 Å². The van der Waals surface area contributed by atoms with Crippen molar-refractivity contribution in [1.82, 2.24) is 5.32 Å². The largest absolute Gasteiger partial charge is 0.493 e. The van der Waals surface area contributed by atoms with Crippen LogP contribution in [-0.2, 0) is 13.2 Å². The molecule has 0 aliphatic carbocycles. The van der Waals surface area contributed by atoms with Gasteiger partial charge in [0.05, 0.1) is 7.11 Å². The van der Waals surface area contributed by atoms with E-state index in [0.29, 0.717) is 34.7 Å². The van der Waals surface area contributed by atoms with Crippen LogP contribution in [0.3, 0.4) is 0 Å². The first-order chi connectivity index (χ1) is 11.6. The van der Waals surface area contributed by atoms with E-state index in [1.165, 1.54) is 0 Å². The lowest BCUT2D eigenvalue weighted by Crippen LogP contribution is -2.15. The molecule has 0 spiro atoms. The summed E-state index contributed by atoms with van der Waals surface area (Å²) in [4.78, 5) is 0. The Bertz CT molecular complexity index is 695. The monoisotopic (exact) mass is 431 g/mol. The van der Waals surface area contributed by atoms with E-state index >= 15 is 0 Å². The predicted molar refractivity (Wildman–Crippen MR) is 103 cm³/mol. The third kappa shape index (κ3) is 5.03. The summed E-state index contributed by atoms with van der Waals surface area (Å²) in [5.41, 5.74) is 1.89. The molecule has 0 heterocycles. The molecule has 0 atom stereocenters.